The van der Waals surface area contributed by atoms with E-state index in [0.717, 1.165) is 8.80 Å². The highest BCUT2D eigenvalue weighted by molar-refractivity contribution is 14.1. The number of hydrogen-bond donors (Lipinski definition) is 1. The van der Waals surface area contributed by atoms with E-state index in [-0.39, 0.29) is 36.5 Å². The van der Waals surface area contributed by atoms with Crippen molar-refractivity contribution in [1.29, 1.82) is 5.26 Å². The zero-order valence-electron chi connectivity index (χ0n) is 15.9. The molecule has 3 aromatic rings. The van der Waals surface area contributed by atoms with E-state index in [4.69, 9.17) is 9.68 Å². The molecule has 1 aliphatic heterocycles. The number of benzene rings is 1. The van der Waals surface area contributed by atoms with E-state index in [0.29, 0.717) is 39.5 Å². The van der Waals surface area contributed by atoms with Crippen LogP contribution in [-0.2, 0) is 17.6 Å². The van der Waals surface area contributed by atoms with E-state index < -0.39 is 5.54 Å². The Morgan fingerprint density at radius 1 is 1.39 bits per heavy atom. The van der Waals surface area contributed by atoms with Crippen molar-refractivity contribution in [3.05, 3.63) is 40.3 Å². The van der Waals surface area contributed by atoms with Gasteiger partial charge < -0.3 is 9.73 Å². The molecule has 2 aliphatic rings. The van der Waals surface area contributed by atoms with Crippen LogP contribution in [0.25, 0.3) is 10.2 Å². The second kappa shape index (κ2) is 8.10. The van der Waals surface area contributed by atoms with Crippen LogP contribution in [0.2, 0.25) is 0 Å². The van der Waals surface area contributed by atoms with Crippen molar-refractivity contribution >= 4 is 64.9 Å². The van der Waals surface area contributed by atoms with Crippen LogP contribution < -0.4 is 5.32 Å². The van der Waals surface area contributed by atoms with Gasteiger partial charge in [-0.3, -0.25) is 9.79 Å². The molecule has 0 spiro atoms. The molecule has 1 unspecified atom stereocenters. The quantitative estimate of drug-likeness (QED) is 0.451. The van der Waals surface area contributed by atoms with Gasteiger partial charge >= 0.3 is 0 Å². The molecule has 1 N–H and O–H groups in total. The molecular weight excluding hydrogens is 554 g/mol. The minimum atomic E-state index is -0.732. The van der Waals surface area contributed by atoms with Gasteiger partial charge in [0.05, 0.1) is 28.7 Å². The van der Waals surface area contributed by atoms with Crippen molar-refractivity contribution < 1.29 is 13.6 Å². The number of halogens is 2. The Hall–Kier alpha value is -2.11. The van der Waals surface area contributed by atoms with E-state index >= 15 is 4.39 Å². The van der Waals surface area contributed by atoms with Gasteiger partial charge in [0.25, 0.3) is 0 Å². The number of nitrogens with zero attached hydrogens (tertiary/aromatic N) is 5. The molecule has 8 nitrogen and oxygen atoms in total. The van der Waals surface area contributed by atoms with Gasteiger partial charge in [-0.1, -0.05) is 17.8 Å². The first-order valence-corrected chi connectivity index (χ1v) is 12.3. The van der Waals surface area contributed by atoms with Gasteiger partial charge in [0, 0.05) is 11.3 Å². The number of hydrogen-bond acceptors (Lipinski definition) is 9. The molecule has 3 heterocycles. The Bertz CT molecular complexity index is 1260. The third-order valence-electron chi connectivity index (χ3n) is 5.01. The van der Waals surface area contributed by atoms with Gasteiger partial charge in [-0.25, -0.2) is 9.37 Å². The van der Waals surface area contributed by atoms with E-state index in [2.05, 4.69) is 54.2 Å². The van der Waals surface area contributed by atoms with Crippen molar-refractivity contribution in [2.24, 2.45) is 4.99 Å². The summed E-state index contributed by atoms with van der Waals surface area (Å²) in [7, 11) is 0. The highest BCUT2D eigenvalue weighted by atomic mass is 127. The number of thiazole rings is 1. The average molecular weight is 568 g/mol. The SMILES string of the molecule is N#CC1(NC(=O)Cc2nnc(Cc3nc4ccc(C5CSC(I)=N5)c(F)c4s3)o2)CC1. The fraction of sp³-hybridized carbons (Fsp3) is 0.368. The van der Waals surface area contributed by atoms with Crippen molar-refractivity contribution in [2.75, 3.05) is 5.75 Å². The number of carbonyl (C=O) groups is 1. The van der Waals surface area contributed by atoms with E-state index in [1.54, 1.807) is 17.8 Å². The number of rotatable bonds is 6. The van der Waals surface area contributed by atoms with Gasteiger partial charge in [-0.2, -0.15) is 5.26 Å². The first-order chi connectivity index (χ1) is 14.9. The van der Waals surface area contributed by atoms with Crippen LogP contribution in [0.15, 0.2) is 21.5 Å². The Labute approximate surface area is 197 Å². The maximum absolute atomic E-state index is 15.1. The topological polar surface area (TPSA) is 117 Å². The van der Waals surface area contributed by atoms with E-state index in [1.807, 2.05) is 6.07 Å². The second-order valence-electron chi connectivity index (χ2n) is 7.32. The largest absolute Gasteiger partial charge is 0.424 e. The van der Waals surface area contributed by atoms with Crippen LogP contribution in [0, 0.1) is 17.1 Å². The van der Waals surface area contributed by atoms with Crippen LogP contribution in [0.4, 0.5) is 4.39 Å². The Morgan fingerprint density at radius 2 is 2.19 bits per heavy atom. The summed E-state index contributed by atoms with van der Waals surface area (Å²) >= 11 is 5.03. The fourth-order valence-corrected chi connectivity index (χ4v) is 5.88. The molecule has 0 radical (unpaired) electrons. The third-order valence-corrected chi connectivity index (χ3v) is 8.12. The van der Waals surface area contributed by atoms with Gasteiger partial charge in [-0.15, -0.1) is 21.5 Å². The molecule has 0 saturated heterocycles. The van der Waals surface area contributed by atoms with Gasteiger partial charge in [0.1, 0.15) is 25.8 Å². The lowest BCUT2D eigenvalue weighted by Gasteiger charge is -2.07. The van der Waals surface area contributed by atoms with E-state index in [9.17, 15) is 4.79 Å². The molecule has 12 heteroatoms. The van der Waals surface area contributed by atoms with Gasteiger partial charge in [0.2, 0.25) is 17.7 Å². The maximum Gasteiger partial charge on any atom is 0.230 e. The molecule has 1 saturated carbocycles. The molecule has 1 aliphatic carbocycles. The Morgan fingerprint density at radius 3 is 2.90 bits per heavy atom. The van der Waals surface area contributed by atoms with Crippen LogP contribution in [0.3, 0.4) is 0 Å². The summed E-state index contributed by atoms with van der Waals surface area (Å²) in [5, 5.41) is 20.3. The smallest absolute Gasteiger partial charge is 0.230 e. The molecule has 1 amide bonds. The minimum Gasteiger partial charge on any atom is -0.424 e. The average Bonchev–Trinajstić information content (AvgIpc) is 3.07. The molecule has 158 valence electrons. The first kappa shape index (κ1) is 20.8. The molecule has 5 rings (SSSR count). The van der Waals surface area contributed by atoms with Gasteiger partial charge in [-0.05, 0) is 41.5 Å². The highest BCUT2D eigenvalue weighted by Gasteiger charge is 2.44. The summed E-state index contributed by atoms with van der Waals surface area (Å²) in [4.78, 5) is 21.0. The van der Waals surface area contributed by atoms with Crippen LogP contribution in [-0.4, -0.2) is 35.4 Å². The summed E-state index contributed by atoms with van der Waals surface area (Å²) < 4.78 is 22.1. The predicted octanol–water partition coefficient (Wildman–Crippen LogP) is 3.70. The number of aliphatic imine (C=N–C) groups is 1. The number of aromatic nitrogens is 3. The minimum absolute atomic E-state index is 0.0903. The molecule has 31 heavy (non-hydrogen) atoms. The van der Waals surface area contributed by atoms with Crippen LogP contribution in [0.1, 0.15) is 41.2 Å². The van der Waals surface area contributed by atoms with Crippen LogP contribution >= 0.6 is 45.7 Å². The summed E-state index contributed by atoms with van der Waals surface area (Å²) in [6.07, 6.45) is 1.48. The number of nitrogens with one attached hydrogen (secondary N) is 1. The van der Waals surface area contributed by atoms with Crippen molar-refractivity contribution in [3.8, 4) is 6.07 Å². The summed E-state index contributed by atoms with van der Waals surface area (Å²) in [5.41, 5.74) is 0.430. The molecular formula is C19H14FIN6O2S2. The predicted molar refractivity (Wildman–Crippen MR) is 123 cm³/mol. The molecule has 0 bridgehead atoms. The van der Waals surface area contributed by atoms with Gasteiger partial charge in [0.15, 0.2) is 0 Å². The maximum atomic E-state index is 15.1. The lowest BCUT2D eigenvalue weighted by atomic mass is 10.1. The van der Waals surface area contributed by atoms with Crippen LogP contribution in [0.5, 0.6) is 0 Å². The molecule has 1 fully saturated rings. The number of nitriles is 1. The number of thioether (sulfide) groups is 1. The zero-order valence-corrected chi connectivity index (χ0v) is 19.7. The lowest BCUT2D eigenvalue weighted by molar-refractivity contribution is -0.121. The normalized spacial score (nSPS) is 19.3. The summed E-state index contributed by atoms with van der Waals surface area (Å²) in [6.45, 7) is 0. The fourth-order valence-electron chi connectivity index (χ4n) is 3.26. The number of amides is 1. The number of carbonyl (C=O) groups excluding carboxylic acids is 1. The summed E-state index contributed by atoms with van der Waals surface area (Å²) in [5.74, 6) is 0.597. The first-order valence-electron chi connectivity index (χ1n) is 9.42. The zero-order chi connectivity index (χ0) is 21.6. The molecule has 1 aromatic carbocycles. The Kier molecular flexibility index (Phi) is 5.43. The van der Waals surface area contributed by atoms with Crippen molar-refractivity contribution in [2.45, 2.75) is 37.3 Å². The standard InChI is InChI=1S/C19H14FIN6O2S2/c20-16-9(11-7-30-18(21)24-11)1-2-10-17(16)31-15(23-10)6-14-27-26-13(29-14)5-12(28)25-19(8-22)3-4-19/h1-2,11H,3-7H2,(H,25,28). The van der Waals surface area contributed by atoms with Crippen molar-refractivity contribution in [1.82, 2.24) is 20.5 Å². The summed E-state index contributed by atoms with van der Waals surface area (Å²) in [6, 6.07) is 5.49. The van der Waals surface area contributed by atoms with Crippen molar-refractivity contribution in [3.63, 3.8) is 0 Å². The Balaban J connectivity index is 1.29. The lowest BCUT2D eigenvalue weighted by Crippen LogP contribution is -2.36. The number of fused-ring (bicyclic) bond motifs is 1. The monoisotopic (exact) mass is 568 g/mol. The second-order valence-corrected chi connectivity index (χ2v) is 11.2. The van der Waals surface area contributed by atoms with E-state index in [1.165, 1.54) is 11.3 Å². The molecule has 1 atom stereocenters. The third kappa shape index (κ3) is 4.31. The molecule has 2 aromatic heterocycles. The highest BCUT2D eigenvalue weighted by Crippen LogP contribution is 2.37.